The van der Waals surface area contributed by atoms with Gasteiger partial charge in [-0.3, -0.25) is 0 Å². The van der Waals surface area contributed by atoms with Crippen LogP contribution in [0.3, 0.4) is 0 Å². The van der Waals surface area contributed by atoms with Gasteiger partial charge < -0.3 is 24.8 Å². The molecule has 0 aromatic carbocycles. The average molecular weight is 290 g/mol. The number of carbonyl (C=O) groups is 2. The molecule has 20 heavy (non-hydrogen) atoms. The molecular formula is C13H26N2O5. The minimum absolute atomic E-state index is 0.0505. The molecule has 0 unspecified atom stereocenters. The summed E-state index contributed by atoms with van der Waals surface area (Å²) in [5.41, 5.74) is 0. The summed E-state index contributed by atoms with van der Waals surface area (Å²) < 4.78 is 15.5. The maximum atomic E-state index is 11.2. The summed E-state index contributed by atoms with van der Waals surface area (Å²) in [6.07, 6.45) is 0.441. The van der Waals surface area contributed by atoms with Gasteiger partial charge in [0.25, 0.3) is 0 Å². The summed E-state index contributed by atoms with van der Waals surface area (Å²) in [5.74, 6) is 0. The molecule has 0 aliphatic rings. The SMILES string of the molecule is CCCCOC(COC(=O)NCC)COC(=O)NCC. The highest BCUT2D eigenvalue weighted by molar-refractivity contribution is 5.67. The lowest BCUT2D eigenvalue weighted by Gasteiger charge is -2.18. The van der Waals surface area contributed by atoms with E-state index in [1.54, 1.807) is 13.8 Å². The summed E-state index contributed by atoms with van der Waals surface area (Å²) in [6.45, 7) is 7.28. The predicted molar refractivity (Wildman–Crippen MR) is 74.7 cm³/mol. The summed E-state index contributed by atoms with van der Waals surface area (Å²) in [7, 11) is 0. The summed E-state index contributed by atoms with van der Waals surface area (Å²) in [4.78, 5) is 22.4. The van der Waals surface area contributed by atoms with E-state index in [9.17, 15) is 9.59 Å². The van der Waals surface area contributed by atoms with Crippen LogP contribution in [-0.4, -0.2) is 51.2 Å². The van der Waals surface area contributed by atoms with Gasteiger partial charge in [-0.25, -0.2) is 9.59 Å². The van der Waals surface area contributed by atoms with E-state index in [1.807, 2.05) is 0 Å². The van der Waals surface area contributed by atoms with Crippen molar-refractivity contribution < 1.29 is 23.8 Å². The zero-order valence-electron chi connectivity index (χ0n) is 12.6. The summed E-state index contributed by atoms with van der Waals surface area (Å²) in [5, 5.41) is 5.03. The van der Waals surface area contributed by atoms with Crippen molar-refractivity contribution in [3.63, 3.8) is 0 Å². The standard InChI is InChI=1S/C13H26N2O5/c1-4-7-8-18-11(9-19-12(16)14-5-2)10-20-13(17)15-6-3/h11H,4-10H2,1-3H3,(H,14,16)(H,15,17). The number of alkyl carbamates (subject to hydrolysis) is 2. The maximum absolute atomic E-state index is 11.2. The molecule has 0 bridgehead atoms. The third-order valence-electron chi connectivity index (χ3n) is 2.29. The van der Waals surface area contributed by atoms with Crippen LogP contribution in [0.25, 0.3) is 0 Å². The van der Waals surface area contributed by atoms with E-state index in [4.69, 9.17) is 14.2 Å². The Morgan fingerprint density at radius 3 is 1.85 bits per heavy atom. The first-order valence-corrected chi connectivity index (χ1v) is 7.06. The van der Waals surface area contributed by atoms with Gasteiger partial charge in [0.15, 0.2) is 0 Å². The third-order valence-corrected chi connectivity index (χ3v) is 2.29. The molecule has 0 heterocycles. The van der Waals surface area contributed by atoms with Crippen LogP contribution in [0.15, 0.2) is 0 Å². The average Bonchev–Trinajstić information content (AvgIpc) is 2.42. The number of amides is 2. The number of hydrogen-bond acceptors (Lipinski definition) is 5. The molecular weight excluding hydrogens is 264 g/mol. The van der Waals surface area contributed by atoms with Crippen LogP contribution in [0.5, 0.6) is 0 Å². The van der Waals surface area contributed by atoms with Crippen molar-refractivity contribution in [1.29, 1.82) is 0 Å². The van der Waals surface area contributed by atoms with Crippen molar-refractivity contribution in [2.75, 3.05) is 32.9 Å². The van der Waals surface area contributed by atoms with Gasteiger partial charge in [0.1, 0.15) is 19.3 Å². The minimum Gasteiger partial charge on any atom is -0.447 e. The van der Waals surface area contributed by atoms with Gasteiger partial charge in [-0.15, -0.1) is 0 Å². The fourth-order valence-electron chi connectivity index (χ4n) is 1.27. The first-order valence-electron chi connectivity index (χ1n) is 7.06. The lowest BCUT2D eigenvalue weighted by molar-refractivity contribution is -0.0292. The van der Waals surface area contributed by atoms with E-state index in [0.717, 1.165) is 12.8 Å². The van der Waals surface area contributed by atoms with E-state index < -0.39 is 18.3 Å². The van der Waals surface area contributed by atoms with Crippen molar-refractivity contribution >= 4 is 12.2 Å². The monoisotopic (exact) mass is 290 g/mol. The van der Waals surface area contributed by atoms with Crippen molar-refractivity contribution in [3.05, 3.63) is 0 Å². The van der Waals surface area contributed by atoms with Crippen LogP contribution in [0, 0.1) is 0 Å². The van der Waals surface area contributed by atoms with E-state index in [-0.39, 0.29) is 13.2 Å². The Labute approximate surface area is 120 Å². The molecule has 0 aliphatic heterocycles. The highest BCUT2D eigenvalue weighted by atomic mass is 16.6. The molecule has 0 spiro atoms. The first kappa shape index (κ1) is 18.5. The van der Waals surface area contributed by atoms with E-state index >= 15 is 0 Å². The normalized spacial score (nSPS) is 10.2. The lowest BCUT2D eigenvalue weighted by Crippen LogP contribution is -2.34. The fraction of sp³-hybridized carbons (Fsp3) is 0.846. The van der Waals surface area contributed by atoms with Crippen LogP contribution in [-0.2, 0) is 14.2 Å². The molecule has 0 rings (SSSR count). The van der Waals surface area contributed by atoms with Crippen molar-refractivity contribution in [2.24, 2.45) is 0 Å². The molecule has 2 amide bonds. The van der Waals surface area contributed by atoms with Crippen molar-refractivity contribution in [1.82, 2.24) is 10.6 Å². The third kappa shape index (κ3) is 10.4. The van der Waals surface area contributed by atoms with E-state index in [2.05, 4.69) is 17.6 Å². The van der Waals surface area contributed by atoms with E-state index in [1.165, 1.54) is 0 Å². The molecule has 0 atom stereocenters. The largest absolute Gasteiger partial charge is 0.447 e. The Bertz CT molecular complexity index is 251. The number of nitrogens with one attached hydrogen (secondary N) is 2. The molecule has 0 radical (unpaired) electrons. The molecule has 0 aromatic heterocycles. The van der Waals surface area contributed by atoms with Gasteiger partial charge in [-0.05, 0) is 20.3 Å². The van der Waals surface area contributed by atoms with Gasteiger partial charge >= 0.3 is 12.2 Å². The van der Waals surface area contributed by atoms with Crippen LogP contribution in [0.1, 0.15) is 33.6 Å². The second-order valence-electron chi connectivity index (χ2n) is 4.10. The predicted octanol–water partition coefficient (Wildman–Crippen LogP) is 1.66. The topological polar surface area (TPSA) is 85.9 Å². The Morgan fingerprint density at radius 2 is 1.45 bits per heavy atom. The van der Waals surface area contributed by atoms with Gasteiger partial charge in [-0.2, -0.15) is 0 Å². The maximum Gasteiger partial charge on any atom is 0.407 e. The quantitative estimate of drug-likeness (QED) is 0.598. The molecule has 0 saturated heterocycles. The zero-order valence-corrected chi connectivity index (χ0v) is 12.6. The number of hydrogen-bond donors (Lipinski definition) is 2. The number of rotatable bonds is 10. The molecule has 0 aromatic rings. The van der Waals surface area contributed by atoms with Crippen LogP contribution in [0.2, 0.25) is 0 Å². The van der Waals surface area contributed by atoms with Gasteiger partial charge in [-0.1, -0.05) is 13.3 Å². The number of carbonyl (C=O) groups excluding carboxylic acids is 2. The second kappa shape index (κ2) is 12.5. The van der Waals surface area contributed by atoms with Gasteiger partial charge in [0, 0.05) is 19.7 Å². The first-order chi connectivity index (χ1) is 9.63. The zero-order chi connectivity index (χ0) is 15.2. The molecule has 0 saturated carbocycles. The highest BCUT2D eigenvalue weighted by Gasteiger charge is 2.14. The molecule has 0 fully saturated rings. The second-order valence-corrected chi connectivity index (χ2v) is 4.10. The Kier molecular flexibility index (Phi) is 11.6. The molecule has 7 heteroatoms. The lowest BCUT2D eigenvalue weighted by atomic mass is 10.3. The number of ether oxygens (including phenoxy) is 3. The Morgan fingerprint density at radius 1 is 0.950 bits per heavy atom. The molecule has 2 N–H and O–H groups in total. The fourth-order valence-corrected chi connectivity index (χ4v) is 1.27. The minimum atomic E-state index is -0.505. The van der Waals surface area contributed by atoms with Gasteiger partial charge in [0.2, 0.25) is 0 Å². The molecule has 118 valence electrons. The molecule has 7 nitrogen and oxygen atoms in total. The number of unbranched alkanes of at least 4 members (excludes halogenated alkanes) is 1. The summed E-state index contributed by atoms with van der Waals surface area (Å²) in [6, 6.07) is 0. The van der Waals surface area contributed by atoms with Crippen LogP contribution >= 0.6 is 0 Å². The van der Waals surface area contributed by atoms with Gasteiger partial charge in [0.05, 0.1) is 0 Å². The van der Waals surface area contributed by atoms with Crippen molar-refractivity contribution in [2.45, 2.75) is 39.7 Å². The molecule has 0 aliphatic carbocycles. The Balaban J connectivity index is 4.05. The van der Waals surface area contributed by atoms with Crippen LogP contribution in [0.4, 0.5) is 9.59 Å². The van der Waals surface area contributed by atoms with E-state index in [0.29, 0.717) is 19.7 Å². The highest BCUT2D eigenvalue weighted by Crippen LogP contribution is 1.99. The smallest absolute Gasteiger partial charge is 0.407 e. The Hall–Kier alpha value is -1.50. The van der Waals surface area contributed by atoms with Crippen molar-refractivity contribution in [3.8, 4) is 0 Å². The van der Waals surface area contributed by atoms with Crippen LogP contribution < -0.4 is 10.6 Å². The summed E-state index contributed by atoms with van der Waals surface area (Å²) >= 11 is 0.